The van der Waals surface area contributed by atoms with Crippen LogP contribution < -0.4 is 10.9 Å². The fourth-order valence-corrected chi connectivity index (χ4v) is 3.13. The van der Waals surface area contributed by atoms with Gasteiger partial charge in [0.15, 0.2) is 0 Å². The number of carbonyl (C=O) groups is 2. The van der Waals surface area contributed by atoms with Crippen molar-refractivity contribution in [2.24, 2.45) is 17.8 Å². The van der Waals surface area contributed by atoms with E-state index in [1.54, 1.807) is 19.1 Å². The van der Waals surface area contributed by atoms with Crippen LogP contribution >= 0.6 is 0 Å². The second-order valence-electron chi connectivity index (χ2n) is 6.21. The minimum Gasteiger partial charge on any atom is -0.466 e. The SMILES string of the molecule is CCOC(=O)C1[C@H](CO)[C@H]1C(=O)Nc1ccc(-n2ccccc2=O)cc1F. The molecular formula is C19H19FN2O5. The summed E-state index contributed by atoms with van der Waals surface area (Å²) in [6, 6.07) is 8.56. The summed E-state index contributed by atoms with van der Waals surface area (Å²) < 4.78 is 20.6. The van der Waals surface area contributed by atoms with E-state index in [1.807, 2.05) is 0 Å². The number of benzene rings is 1. The maximum Gasteiger partial charge on any atom is 0.310 e. The lowest BCUT2D eigenvalue weighted by atomic mass is 10.2. The number of rotatable bonds is 6. The molecule has 1 aliphatic rings. The van der Waals surface area contributed by atoms with Gasteiger partial charge in [-0.3, -0.25) is 19.0 Å². The number of ether oxygens (including phenoxy) is 1. The highest BCUT2D eigenvalue weighted by Crippen LogP contribution is 2.47. The van der Waals surface area contributed by atoms with Crippen molar-refractivity contribution in [2.75, 3.05) is 18.5 Å². The minimum absolute atomic E-state index is 0.0704. The molecule has 1 saturated carbocycles. The van der Waals surface area contributed by atoms with E-state index in [-0.39, 0.29) is 24.5 Å². The lowest BCUT2D eigenvalue weighted by Crippen LogP contribution is -2.19. The third-order valence-corrected chi connectivity index (χ3v) is 4.55. The molecule has 1 heterocycles. The summed E-state index contributed by atoms with van der Waals surface area (Å²) in [6.45, 7) is 1.50. The van der Waals surface area contributed by atoms with Crippen molar-refractivity contribution < 1.29 is 23.8 Å². The molecule has 2 N–H and O–H groups in total. The van der Waals surface area contributed by atoms with Gasteiger partial charge in [0.2, 0.25) is 5.91 Å². The number of anilines is 1. The topological polar surface area (TPSA) is 97.6 Å². The minimum atomic E-state index is -0.759. The molecule has 8 heteroatoms. The Kier molecular flexibility index (Phi) is 5.36. The molecule has 7 nitrogen and oxygen atoms in total. The molecule has 2 aromatic rings. The smallest absolute Gasteiger partial charge is 0.310 e. The van der Waals surface area contributed by atoms with E-state index in [2.05, 4.69) is 5.32 Å². The monoisotopic (exact) mass is 374 g/mol. The normalized spacial score (nSPS) is 20.8. The van der Waals surface area contributed by atoms with Crippen molar-refractivity contribution in [1.82, 2.24) is 4.57 Å². The molecule has 1 amide bonds. The first-order valence-corrected chi connectivity index (χ1v) is 8.54. The Morgan fingerprint density at radius 1 is 1.26 bits per heavy atom. The molecule has 0 bridgehead atoms. The number of amides is 1. The highest BCUT2D eigenvalue weighted by Gasteiger charge is 2.59. The van der Waals surface area contributed by atoms with Gasteiger partial charge >= 0.3 is 5.97 Å². The number of aromatic nitrogens is 1. The van der Waals surface area contributed by atoms with Crippen LogP contribution in [0.1, 0.15) is 6.92 Å². The van der Waals surface area contributed by atoms with Gasteiger partial charge in [-0.2, -0.15) is 0 Å². The zero-order valence-electron chi connectivity index (χ0n) is 14.6. The van der Waals surface area contributed by atoms with Gasteiger partial charge in [-0.25, -0.2) is 4.39 Å². The molecule has 1 aromatic carbocycles. The fraction of sp³-hybridized carbons (Fsp3) is 0.316. The van der Waals surface area contributed by atoms with Crippen LogP contribution in [0.25, 0.3) is 5.69 Å². The predicted molar refractivity (Wildman–Crippen MR) is 94.8 cm³/mol. The van der Waals surface area contributed by atoms with Crippen LogP contribution in [0, 0.1) is 23.6 Å². The Hall–Kier alpha value is -3.00. The maximum absolute atomic E-state index is 14.4. The summed E-state index contributed by atoms with van der Waals surface area (Å²) in [5, 5.41) is 11.8. The first-order valence-electron chi connectivity index (χ1n) is 8.54. The number of aliphatic hydroxyl groups is 1. The quantitative estimate of drug-likeness (QED) is 0.744. The van der Waals surface area contributed by atoms with Gasteiger partial charge in [-0.1, -0.05) is 6.07 Å². The third kappa shape index (κ3) is 3.75. The van der Waals surface area contributed by atoms with Gasteiger partial charge in [0, 0.05) is 30.9 Å². The van der Waals surface area contributed by atoms with Crippen LogP contribution in [0.4, 0.5) is 10.1 Å². The van der Waals surface area contributed by atoms with Crippen molar-refractivity contribution >= 4 is 17.6 Å². The number of aliphatic hydroxyl groups excluding tert-OH is 1. The van der Waals surface area contributed by atoms with Crippen molar-refractivity contribution in [1.29, 1.82) is 0 Å². The molecular weight excluding hydrogens is 355 g/mol. The highest BCUT2D eigenvalue weighted by molar-refractivity contribution is 5.99. The van der Waals surface area contributed by atoms with Crippen LogP contribution in [0.3, 0.4) is 0 Å². The predicted octanol–water partition coefficient (Wildman–Crippen LogP) is 1.33. The zero-order valence-corrected chi connectivity index (χ0v) is 14.6. The van der Waals surface area contributed by atoms with Crippen molar-refractivity contribution in [3.63, 3.8) is 0 Å². The van der Waals surface area contributed by atoms with Gasteiger partial charge in [0.1, 0.15) is 5.82 Å². The number of nitrogens with one attached hydrogen (secondary N) is 1. The molecule has 0 radical (unpaired) electrons. The fourth-order valence-electron chi connectivity index (χ4n) is 3.13. The summed E-state index contributed by atoms with van der Waals surface area (Å²) in [4.78, 5) is 36.0. The van der Waals surface area contributed by atoms with Crippen LogP contribution in [-0.4, -0.2) is 34.8 Å². The van der Waals surface area contributed by atoms with Crippen LogP contribution in [0.2, 0.25) is 0 Å². The Balaban J connectivity index is 1.75. The summed E-state index contributed by atoms with van der Waals surface area (Å²) in [6.07, 6.45) is 1.51. The number of nitrogens with zero attached hydrogens (tertiary/aromatic N) is 1. The average molecular weight is 374 g/mol. The summed E-state index contributed by atoms with van der Waals surface area (Å²) in [7, 11) is 0. The molecule has 142 valence electrons. The second-order valence-corrected chi connectivity index (χ2v) is 6.21. The van der Waals surface area contributed by atoms with E-state index in [4.69, 9.17) is 4.74 Å². The van der Waals surface area contributed by atoms with E-state index in [0.717, 1.165) is 6.07 Å². The molecule has 0 saturated heterocycles. The Morgan fingerprint density at radius 2 is 2.04 bits per heavy atom. The second kappa shape index (κ2) is 7.71. The number of esters is 1. The van der Waals surface area contributed by atoms with E-state index >= 15 is 0 Å². The third-order valence-electron chi connectivity index (χ3n) is 4.55. The number of carbonyl (C=O) groups excluding carboxylic acids is 2. The van der Waals surface area contributed by atoms with Gasteiger partial charge in [0.25, 0.3) is 5.56 Å². The van der Waals surface area contributed by atoms with Gasteiger partial charge in [-0.15, -0.1) is 0 Å². The van der Waals surface area contributed by atoms with Crippen LogP contribution in [-0.2, 0) is 14.3 Å². The lowest BCUT2D eigenvalue weighted by Gasteiger charge is -2.10. The Morgan fingerprint density at radius 3 is 2.67 bits per heavy atom. The first kappa shape index (κ1) is 18.8. The van der Waals surface area contributed by atoms with Gasteiger partial charge in [-0.05, 0) is 25.1 Å². The largest absolute Gasteiger partial charge is 0.466 e. The van der Waals surface area contributed by atoms with Gasteiger partial charge < -0.3 is 15.2 Å². The Labute approximate surface area is 154 Å². The summed E-state index contributed by atoms with van der Waals surface area (Å²) >= 11 is 0. The number of halogens is 1. The lowest BCUT2D eigenvalue weighted by molar-refractivity contribution is -0.146. The highest BCUT2D eigenvalue weighted by atomic mass is 19.1. The molecule has 1 aliphatic carbocycles. The molecule has 1 unspecified atom stereocenters. The number of pyridine rings is 1. The van der Waals surface area contributed by atoms with E-state index in [1.165, 1.54) is 29.0 Å². The van der Waals surface area contributed by atoms with Crippen molar-refractivity contribution in [3.05, 3.63) is 58.8 Å². The van der Waals surface area contributed by atoms with E-state index in [9.17, 15) is 23.9 Å². The van der Waals surface area contributed by atoms with Gasteiger partial charge in [0.05, 0.1) is 29.8 Å². The maximum atomic E-state index is 14.4. The molecule has 3 rings (SSSR count). The van der Waals surface area contributed by atoms with Crippen molar-refractivity contribution in [3.8, 4) is 5.69 Å². The average Bonchev–Trinajstić information content (AvgIpc) is 3.39. The molecule has 0 spiro atoms. The number of hydrogen-bond donors (Lipinski definition) is 2. The van der Waals surface area contributed by atoms with Crippen molar-refractivity contribution in [2.45, 2.75) is 6.92 Å². The molecule has 27 heavy (non-hydrogen) atoms. The number of hydrogen-bond acceptors (Lipinski definition) is 5. The molecule has 0 aliphatic heterocycles. The zero-order chi connectivity index (χ0) is 19.6. The van der Waals surface area contributed by atoms with Crippen LogP contribution in [0.15, 0.2) is 47.4 Å². The summed E-state index contributed by atoms with van der Waals surface area (Å²) in [5.74, 6) is -3.84. The first-order chi connectivity index (χ1) is 13.0. The van der Waals surface area contributed by atoms with E-state index in [0.29, 0.717) is 5.69 Å². The summed E-state index contributed by atoms with van der Waals surface area (Å²) in [5.41, 5.74) is -0.0613. The van der Waals surface area contributed by atoms with Crippen LogP contribution in [0.5, 0.6) is 0 Å². The van der Waals surface area contributed by atoms with E-state index < -0.39 is 35.4 Å². The standard InChI is InChI=1S/C19H19FN2O5/c1-2-27-19(26)17-12(10-23)16(17)18(25)21-14-7-6-11(9-13(14)20)22-8-4-3-5-15(22)24/h3-9,12,16-17,23H,2,10H2,1H3,(H,21,25)/t12-,16-,17?/m1/s1. The molecule has 1 aromatic heterocycles. The molecule has 1 fully saturated rings. The molecule has 3 atom stereocenters. The Bertz CT molecular complexity index is 926.